The number of halogens is 1. The van der Waals surface area contributed by atoms with Crippen molar-refractivity contribution >= 4 is 34.0 Å². The minimum atomic E-state index is -0.000101. The van der Waals surface area contributed by atoms with E-state index in [0.717, 1.165) is 27.6 Å². The standard InChI is InChI=1S/C22H16ClNO/c1-2-13-24-20-12-9-15-5-3-4-6-18(15)22(20)19(14-21(24)25)16-7-10-17(23)11-8-16/h1,3-12,19H,13-14H2. The molecule has 2 nitrogen and oxygen atoms in total. The van der Waals surface area contributed by atoms with E-state index in [2.05, 4.69) is 24.1 Å². The molecular formula is C22H16ClNO. The molecule has 0 saturated carbocycles. The van der Waals surface area contributed by atoms with E-state index < -0.39 is 0 Å². The first-order chi connectivity index (χ1) is 12.2. The Labute approximate surface area is 152 Å². The quantitative estimate of drug-likeness (QED) is 0.599. The highest BCUT2D eigenvalue weighted by Gasteiger charge is 2.33. The third kappa shape index (κ3) is 2.67. The van der Waals surface area contributed by atoms with Gasteiger partial charge in [0.2, 0.25) is 5.91 Å². The zero-order valence-corrected chi connectivity index (χ0v) is 14.3. The van der Waals surface area contributed by atoms with Crippen molar-refractivity contribution in [3.05, 3.63) is 76.8 Å². The molecule has 1 amide bonds. The highest BCUT2D eigenvalue weighted by molar-refractivity contribution is 6.30. The van der Waals surface area contributed by atoms with Gasteiger partial charge in [-0.1, -0.05) is 60.0 Å². The van der Waals surface area contributed by atoms with E-state index in [4.69, 9.17) is 18.0 Å². The first-order valence-electron chi connectivity index (χ1n) is 8.20. The molecular weight excluding hydrogens is 330 g/mol. The molecule has 0 spiro atoms. The van der Waals surface area contributed by atoms with Crippen LogP contribution in [0.4, 0.5) is 5.69 Å². The average molecular weight is 346 g/mol. The lowest BCUT2D eigenvalue weighted by Gasteiger charge is -2.34. The normalized spacial score (nSPS) is 16.6. The van der Waals surface area contributed by atoms with E-state index in [1.54, 1.807) is 4.90 Å². The molecule has 0 saturated heterocycles. The van der Waals surface area contributed by atoms with Gasteiger partial charge in [-0.25, -0.2) is 0 Å². The fraction of sp³-hybridized carbons (Fsp3) is 0.136. The van der Waals surface area contributed by atoms with Gasteiger partial charge in [-0.3, -0.25) is 4.79 Å². The number of amides is 1. The monoisotopic (exact) mass is 345 g/mol. The molecule has 0 bridgehead atoms. The Bertz CT molecular complexity index is 1000. The van der Waals surface area contributed by atoms with Gasteiger partial charge in [-0.2, -0.15) is 0 Å². The van der Waals surface area contributed by atoms with Gasteiger partial charge < -0.3 is 4.90 Å². The Morgan fingerprint density at radius 2 is 1.84 bits per heavy atom. The Morgan fingerprint density at radius 3 is 2.60 bits per heavy atom. The Hall–Kier alpha value is -2.76. The second-order valence-electron chi connectivity index (χ2n) is 6.21. The molecule has 3 aromatic rings. The van der Waals surface area contributed by atoms with Crippen molar-refractivity contribution in [3.63, 3.8) is 0 Å². The summed E-state index contributed by atoms with van der Waals surface area (Å²) in [5.74, 6) is 2.66. The summed E-state index contributed by atoms with van der Waals surface area (Å²) in [7, 11) is 0. The predicted molar refractivity (Wildman–Crippen MR) is 103 cm³/mol. The fourth-order valence-electron chi connectivity index (χ4n) is 3.65. The first kappa shape index (κ1) is 15.7. The van der Waals surface area contributed by atoms with Gasteiger partial charge in [0.05, 0.1) is 6.54 Å². The molecule has 1 unspecified atom stereocenters. The van der Waals surface area contributed by atoms with Gasteiger partial charge in [0.1, 0.15) is 0 Å². The van der Waals surface area contributed by atoms with Crippen LogP contribution < -0.4 is 4.90 Å². The molecule has 25 heavy (non-hydrogen) atoms. The smallest absolute Gasteiger partial charge is 0.228 e. The van der Waals surface area contributed by atoms with Crippen molar-refractivity contribution < 1.29 is 4.79 Å². The Morgan fingerprint density at radius 1 is 1.08 bits per heavy atom. The van der Waals surface area contributed by atoms with Crippen molar-refractivity contribution in [1.29, 1.82) is 0 Å². The average Bonchev–Trinajstić information content (AvgIpc) is 2.64. The minimum absolute atomic E-state index is 0.000101. The van der Waals surface area contributed by atoms with E-state index in [0.29, 0.717) is 11.4 Å². The second-order valence-corrected chi connectivity index (χ2v) is 6.65. The Balaban J connectivity index is 1.98. The lowest BCUT2D eigenvalue weighted by Crippen LogP contribution is -2.37. The summed E-state index contributed by atoms with van der Waals surface area (Å²) in [5, 5.41) is 3.02. The van der Waals surface area contributed by atoms with Crippen LogP contribution in [-0.4, -0.2) is 12.5 Å². The highest BCUT2D eigenvalue weighted by Crippen LogP contribution is 2.43. The van der Waals surface area contributed by atoms with Crippen LogP contribution in [0.2, 0.25) is 5.02 Å². The maximum absolute atomic E-state index is 12.7. The summed E-state index contributed by atoms with van der Waals surface area (Å²) in [4.78, 5) is 14.5. The number of rotatable bonds is 2. The number of fused-ring (bicyclic) bond motifs is 3. The van der Waals surface area contributed by atoms with Crippen LogP contribution in [0.25, 0.3) is 10.8 Å². The number of carbonyl (C=O) groups is 1. The second kappa shape index (κ2) is 6.27. The molecule has 122 valence electrons. The van der Waals surface area contributed by atoms with Crippen molar-refractivity contribution in [3.8, 4) is 12.3 Å². The van der Waals surface area contributed by atoms with E-state index in [-0.39, 0.29) is 18.4 Å². The summed E-state index contributed by atoms with van der Waals surface area (Å²) in [6.07, 6.45) is 5.90. The topological polar surface area (TPSA) is 20.3 Å². The van der Waals surface area contributed by atoms with Gasteiger partial charge >= 0.3 is 0 Å². The fourth-order valence-corrected chi connectivity index (χ4v) is 3.78. The van der Waals surface area contributed by atoms with Gasteiger partial charge in [0, 0.05) is 23.0 Å². The van der Waals surface area contributed by atoms with Crippen LogP contribution in [0.15, 0.2) is 60.7 Å². The van der Waals surface area contributed by atoms with E-state index >= 15 is 0 Å². The number of terminal acetylenes is 1. The molecule has 1 heterocycles. The third-order valence-electron chi connectivity index (χ3n) is 4.79. The van der Waals surface area contributed by atoms with Crippen LogP contribution in [0.1, 0.15) is 23.5 Å². The summed E-state index contributed by atoms with van der Waals surface area (Å²) in [6, 6.07) is 20.1. The summed E-state index contributed by atoms with van der Waals surface area (Å²) >= 11 is 6.04. The van der Waals surface area contributed by atoms with Crippen LogP contribution in [0, 0.1) is 12.3 Å². The largest absolute Gasteiger partial charge is 0.300 e. The van der Waals surface area contributed by atoms with Crippen molar-refractivity contribution in [2.24, 2.45) is 0 Å². The first-order valence-corrected chi connectivity index (χ1v) is 8.58. The van der Waals surface area contributed by atoms with Crippen LogP contribution in [0.5, 0.6) is 0 Å². The summed E-state index contributed by atoms with van der Waals surface area (Å²) in [6.45, 7) is 0.289. The Kier molecular flexibility index (Phi) is 3.95. The van der Waals surface area contributed by atoms with Gasteiger partial charge in [-0.15, -0.1) is 6.42 Å². The molecule has 0 aliphatic carbocycles. The number of hydrogen-bond donors (Lipinski definition) is 0. The minimum Gasteiger partial charge on any atom is -0.300 e. The lowest BCUT2D eigenvalue weighted by atomic mass is 9.81. The molecule has 0 fully saturated rings. The zero-order chi connectivity index (χ0) is 17.4. The molecule has 3 aromatic carbocycles. The van der Waals surface area contributed by atoms with Crippen LogP contribution in [0.3, 0.4) is 0 Å². The van der Waals surface area contributed by atoms with Gasteiger partial charge in [0.15, 0.2) is 0 Å². The number of benzene rings is 3. The maximum atomic E-state index is 12.7. The predicted octanol–water partition coefficient (Wildman–Crippen LogP) is 5.00. The van der Waals surface area contributed by atoms with Crippen molar-refractivity contribution in [2.75, 3.05) is 11.4 Å². The molecule has 1 aliphatic heterocycles. The maximum Gasteiger partial charge on any atom is 0.228 e. The van der Waals surface area contributed by atoms with Gasteiger partial charge in [0.25, 0.3) is 0 Å². The van der Waals surface area contributed by atoms with Crippen molar-refractivity contribution in [1.82, 2.24) is 0 Å². The van der Waals surface area contributed by atoms with E-state index in [1.165, 1.54) is 0 Å². The molecule has 0 N–H and O–H groups in total. The number of carbonyl (C=O) groups excluding carboxylic acids is 1. The van der Waals surface area contributed by atoms with Crippen LogP contribution >= 0.6 is 11.6 Å². The number of nitrogens with zero attached hydrogens (tertiary/aromatic N) is 1. The molecule has 1 atom stereocenters. The molecule has 1 aliphatic rings. The lowest BCUT2D eigenvalue weighted by molar-refractivity contribution is -0.119. The summed E-state index contributed by atoms with van der Waals surface area (Å²) in [5.41, 5.74) is 3.17. The number of hydrogen-bond acceptors (Lipinski definition) is 1. The molecule has 0 aromatic heterocycles. The van der Waals surface area contributed by atoms with Crippen molar-refractivity contribution in [2.45, 2.75) is 12.3 Å². The summed E-state index contributed by atoms with van der Waals surface area (Å²) < 4.78 is 0. The SMILES string of the molecule is C#CCN1C(=O)CC(c2ccc(Cl)cc2)c2c1ccc1ccccc21. The van der Waals surface area contributed by atoms with Crippen LogP contribution in [-0.2, 0) is 4.79 Å². The highest BCUT2D eigenvalue weighted by atomic mass is 35.5. The third-order valence-corrected chi connectivity index (χ3v) is 5.04. The molecule has 4 rings (SSSR count). The molecule has 3 heteroatoms. The van der Waals surface area contributed by atoms with E-state index in [1.807, 2.05) is 42.5 Å². The molecule has 0 radical (unpaired) electrons. The number of anilines is 1. The van der Waals surface area contributed by atoms with E-state index in [9.17, 15) is 4.79 Å². The van der Waals surface area contributed by atoms with Gasteiger partial charge in [-0.05, 0) is 40.1 Å². The zero-order valence-electron chi connectivity index (χ0n) is 13.6.